The van der Waals surface area contributed by atoms with Crippen LogP contribution in [0.5, 0.6) is 5.75 Å². The second-order valence-corrected chi connectivity index (χ2v) is 3.31. The number of urea groups is 1. The molecule has 0 saturated carbocycles. The van der Waals surface area contributed by atoms with E-state index in [9.17, 15) is 19.5 Å². The van der Waals surface area contributed by atoms with Crippen LogP contribution in [0.3, 0.4) is 0 Å². The highest BCUT2D eigenvalue weighted by Gasteiger charge is 2.11. The molecular weight excluding hydrogens is 242 g/mol. The van der Waals surface area contributed by atoms with Crippen LogP contribution in [0.1, 0.15) is 10.4 Å². The van der Waals surface area contributed by atoms with Gasteiger partial charge in [-0.05, 0) is 18.2 Å². The van der Waals surface area contributed by atoms with Gasteiger partial charge < -0.3 is 26.6 Å². The number of primary amides is 1. The van der Waals surface area contributed by atoms with E-state index in [1.54, 1.807) is 0 Å². The number of phenols is 1. The molecule has 0 aliphatic rings. The summed E-state index contributed by atoms with van der Waals surface area (Å²) in [7, 11) is 0. The van der Waals surface area contributed by atoms with Crippen molar-refractivity contribution in [3.05, 3.63) is 23.8 Å². The normalized spacial score (nSPS) is 9.56. The summed E-state index contributed by atoms with van der Waals surface area (Å²) in [5.41, 5.74) is 4.64. The number of benzene rings is 1. The molecule has 0 saturated heterocycles. The lowest BCUT2D eigenvalue weighted by molar-refractivity contribution is -0.117. The Morgan fingerprint density at radius 2 is 1.94 bits per heavy atom. The molecule has 1 aromatic carbocycles. The molecule has 0 fully saturated rings. The lowest BCUT2D eigenvalue weighted by atomic mass is 10.2. The monoisotopic (exact) mass is 253 g/mol. The van der Waals surface area contributed by atoms with Crippen LogP contribution in [0.2, 0.25) is 0 Å². The molecule has 0 heterocycles. The van der Waals surface area contributed by atoms with Crippen LogP contribution in [-0.4, -0.2) is 34.7 Å². The molecule has 8 heteroatoms. The van der Waals surface area contributed by atoms with Crippen molar-refractivity contribution in [2.75, 3.05) is 11.9 Å². The predicted octanol–water partition coefficient (Wildman–Crippen LogP) is -0.303. The van der Waals surface area contributed by atoms with E-state index in [1.165, 1.54) is 6.07 Å². The largest absolute Gasteiger partial charge is 0.507 e. The average Bonchev–Trinajstić information content (AvgIpc) is 2.28. The van der Waals surface area contributed by atoms with Crippen molar-refractivity contribution >= 4 is 23.6 Å². The van der Waals surface area contributed by atoms with Gasteiger partial charge >= 0.3 is 12.0 Å². The summed E-state index contributed by atoms with van der Waals surface area (Å²) in [5, 5.41) is 22.4. The molecule has 0 radical (unpaired) electrons. The van der Waals surface area contributed by atoms with Crippen molar-refractivity contribution in [3.63, 3.8) is 0 Å². The summed E-state index contributed by atoms with van der Waals surface area (Å²) in [6.07, 6.45) is 0. The first-order chi connectivity index (χ1) is 8.40. The van der Waals surface area contributed by atoms with Gasteiger partial charge in [0, 0.05) is 5.69 Å². The number of aromatic carboxylic acids is 1. The summed E-state index contributed by atoms with van der Waals surface area (Å²) in [5.74, 6) is -2.44. The van der Waals surface area contributed by atoms with Gasteiger partial charge in [0.25, 0.3) is 0 Å². The van der Waals surface area contributed by atoms with Crippen molar-refractivity contribution in [1.29, 1.82) is 0 Å². The highest BCUT2D eigenvalue weighted by molar-refractivity contribution is 5.95. The van der Waals surface area contributed by atoms with E-state index >= 15 is 0 Å². The minimum atomic E-state index is -1.33. The maximum absolute atomic E-state index is 11.2. The van der Waals surface area contributed by atoms with Crippen LogP contribution in [0.25, 0.3) is 0 Å². The van der Waals surface area contributed by atoms with Crippen molar-refractivity contribution in [1.82, 2.24) is 5.32 Å². The number of carbonyl (C=O) groups is 3. The van der Waals surface area contributed by atoms with Crippen LogP contribution >= 0.6 is 0 Å². The van der Waals surface area contributed by atoms with Gasteiger partial charge in [-0.3, -0.25) is 4.79 Å². The molecule has 0 aliphatic carbocycles. The van der Waals surface area contributed by atoms with Gasteiger partial charge in [-0.25, -0.2) is 9.59 Å². The maximum Gasteiger partial charge on any atom is 0.339 e. The molecule has 1 aromatic rings. The maximum atomic E-state index is 11.2. The number of hydrogen-bond donors (Lipinski definition) is 5. The Hall–Kier alpha value is -2.77. The highest BCUT2D eigenvalue weighted by Crippen LogP contribution is 2.21. The number of amides is 3. The van der Waals surface area contributed by atoms with Crippen molar-refractivity contribution in [2.45, 2.75) is 0 Å². The first-order valence-corrected chi connectivity index (χ1v) is 4.79. The fourth-order valence-electron chi connectivity index (χ4n) is 1.13. The predicted molar refractivity (Wildman–Crippen MR) is 61.3 cm³/mol. The van der Waals surface area contributed by atoms with Crippen LogP contribution in [0, 0.1) is 0 Å². The molecule has 3 amide bonds. The lowest BCUT2D eigenvalue weighted by Crippen LogP contribution is -2.36. The van der Waals surface area contributed by atoms with Crippen LogP contribution in [-0.2, 0) is 4.79 Å². The molecule has 0 aromatic heterocycles. The summed E-state index contributed by atoms with van der Waals surface area (Å²) >= 11 is 0. The van der Waals surface area contributed by atoms with Gasteiger partial charge in [0.05, 0.1) is 6.54 Å². The molecule has 0 aliphatic heterocycles. The van der Waals surface area contributed by atoms with E-state index in [1.807, 2.05) is 0 Å². The third kappa shape index (κ3) is 3.67. The van der Waals surface area contributed by atoms with E-state index < -0.39 is 23.7 Å². The van der Waals surface area contributed by atoms with Gasteiger partial charge in [-0.15, -0.1) is 0 Å². The van der Waals surface area contributed by atoms with Gasteiger partial charge in [-0.1, -0.05) is 0 Å². The molecule has 0 unspecified atom stereocenters. The number of nitrogens with two attached hydrogens (primary N) is 1. The molecule has 96 valence electrons. The number of anilines is 1. The van der Waals surface area contributed by atoms with Crippen molar-refractivity contribution in [3.8, 4) is 5.75 Å². The topological polar surface area (TPSA) is 142 Å². The first-order valence-electron chi connectivity index (χ1n) is 4.79. The van der Waals surface area contributed by atoms with Gasteiger partial charge in [0.1, 0.15) is 11.3 Å². The number of hydrogen-bond acceptors (Lipinski definition) is 4. The molecule has 0 atom stereocenters. The van der Waals surface area contributed by atoms with Crippen LogP contribution in [0.4, 0.5) is 10.5 Å². The Morgan fingerprint density at radius 1 is 1.28 bits per heavy atom. The van der Waals surface area contributed by atoms with Crippen LogP contribution in [0.15, 0.2) is 18.2 Å². The molecule has 8 nitrogen and oxygen atoms in total. The van der Waals surface area contributed by atoms with Crippen molar-refractivity contribution < 1.29 is 24.6 Å². The highest BCUT2D eigenvalue weighted by atomic mass is 16.4. The Balaban J connectivity index is 2.73. The molecule has 0 spiro atoms. The Kier molecular flexibility index (Phi) is 4.08. The fourth-order valence-corrected chi connectivity index (χ4v) is 1.13. The summed E-state index contributed by atoms with van der Waals surface area (Å²) < 4.78 is 0. The summed E-state index contributed by atoms with van der Waals surface area (Å²) in [4.78, 5) is 32.4. The van der Waals surface area contributed by atoms with E-state index in [-0.39, 0.29) is 17.8 Å². The zero-order chi connectivity index (χ0) is 13.7. The molecular formula is C10H11N3O5. The second kappa shape index (κ2) is 5.53. The third-order valence-corrected chi connectivity index (χ3v) is 1.91. The number of nitrogens with one attached hydrogen (secondary N) is 2. The van der Waals surface area contributed by atoms with Gasteiger partial charge in [0.2, 0.25) is 5.91 Å². The Bertz CT molecular complexity index is 500. The number of aromatic hydroxyl groups is 1. The number of carboxylic acid groups (broad SMARTS) is 1. The van der Waals surface area contributed by atoms with Crippen LogP contribution < -0.4 is 16.4 Å². The summed E-state index contributed by atoms with van der Waals surface area (Å²) in [6, 6.07) is 2.82. The second-order valence-electron chi connectivity index (χ2n) is 3.31. The minimum absolute atomic E-state index is 0.159. The minimum Gasteiger partial charge on any atom is -0.507 e. The molecule has 18 heavy (non-hydrogen) atoms. The zero-order valence-electron chi connectivity index (χ0n) is 9.14. The number of carbonyl (C=O) groups excluding carboxylic acids is 2. The number of rotatable bonds is 4. The van der Waals surface area contributed by atoms with E-state index in [0.29, 0.717) is 0 Å². The van der Waals surface area contributed by atoms with E-state index in [0.717, 1.165) is 12.1 Å². The molecule has 1 rings (SSSR count). The zero-order valence-corrected chi connectivity index (χ0v) is 9.14. The average molecular weight is 253 g/mol. The molecule has 6 N–H and O–H groups in total. The van der Waals surface area contributed by atoms with E-state index in [4.69, 9.17) is 10.8 Å². The Morgan fingerprint density at radius 3 is 2.50 bits per heavy atom. The smallest absolute Gasteiger partial charge is 0.339 e. The van der Waals surface area contributed by atoms with Gasteiger partial charge in [-0.2, -0.15) is 0 Å². The summed E-state index contributed by atoms with van der Waals surface area (Å²) in [6.45, 7) is -0.338. The van der Waals surface area contributed by atoms with E-state index in [2.05, 4.69) is 10.6 Å². The SMILES string of the molecule is NC(=O)CNC(=O)Nc1ccc(O)c(C(=O)O)c1. The lowest BCUT2D eigenvalue weighted by Gasteiger charge is -2.07. The van der Waals surface area contributed by atoms with Crippen molar-refractivity contribution in [2.24, 2.45) is 5.73 Å². The Labute approximate surface area is 101 Å². The first kappa shape index (κ1) is 13.3. The molecule has 0 bridgehead atoms. The van der Waals surface area contributed by atoms with Gasteiger partial charge in [0.15, 0.2) is 0 Å². The quantitative estimate of drug-likeness (QED) is 0.468. The fraction of sp³-hybridized carbons (Fsp3) is 0.100. The third-order valence-electron chi connectivity index (χ3n) is 1.91. The number of carboxylic acids is 1. The standard InChI is InChI=1S/C10H11N3O5/c11-8(15)4-12-10(18)13-5-1-2-7(14)6(3-5)9(16)17/h1-3,14H,4H2,(H2,11,15)(H,16,17)(H2,12,13,18).